The number of nitrogens with one attached hydrogen (secondary N) is 1. The summed E-state index contributed by atoms with van der Waals surface area (Å²) in [4.78, 5) is 18.2. The number of H-pyrrole nitrogens is 1. The average Bonchev–Trinajstić information content (AvgIpc) is 2.75. The summed E-state index contributed by atoms with van der Waals surface area (Å²) >= 11 is 0. The minimum Gasteiger partial charge on any atom is -0.354 e. The van der Waals surface area contributed by atoms with Crippen LogP contribution >= 0.6 is 0 Å². The lowest BCUT2D eigenvalue weighted by Crippen LogP contribution is -2.39. The van der Waals surface area contributed by atoms with Gasteiger partial charge in [-0.3, -0.25) is 0 Å². The summed E-state index contributed by atoms with van der Waals surface area (Å²) in [6, 6.07) is 0. The first-order chi connectivity index (χ1) is 8.24. The fraction of sp³-hybridized carbons (Fsp3) is 0.583. The molecule has 0 radical (unpaired) electrons. The van der Waals surface area contributed by atoms with Crippen molar-refractivity contribution in [2.24, 2.45) is 11.8 Å². The molecule has 17 heavy (non-hydrogen) atoms. The molecule has 2 aromatic rings. The molecule has 0 spiro atoms. The molecule has 3 heterocycles. The second-order valence-corrected chi connectivity index (χ2v) is 5.15. The van der Waals surface area contributed by atoms with E-state index in [-0.39, 0.29) is 0 Å². The van der Waals surface area contributed by atoms with E-state index in [1.807, 2.05) is 0 Å². The molecule has 2 atom stereocenters. The summed E-state index contributed by atoms with van der Waals surface area (Å²) < 4.78 is 0. The van der Waals surface area contributed by atoms with Gasteiger partial charge in [0.15, 0.2) is 11.5 Å². The number of anilines is 1. The normalized spacial score (nSPS) is 25.4. The Balaban J connectivity index is 2.00. The monoisotopic (exact) mass is 231 g/mol. The average molecular weight is 231 g/mol. The maximum atomic E-state index is 4.42. The molecule has 0 aliphatic carbocycles. The minimum atomic E-state index is 0.715. The van der Waals surface area contributed by atoms with Gasteiger partial charge >= 0.3 is 0 Å². The molecule has 1 aliphatic heterocycles. The molecule has 1 saturated heterocycles. The van der Waals surface area contributed by atoms with E-state index >= 15 is 0 Å². The third kappa shape index (κ3) is 1.85. The van der Waals surface area contributed by atoms with Crippen LogP contribution in [0.15, 0.2) is 12.7 Å². The number of piperidine rings is 1. The van der Waals surface area contributed by atoms with Gasteiger partial charge in [0, 0.05) is 13.1 Å². The molecule has 0 aromatic carbocycles. The number of nitrogens with zero attached hydrogens (tertiary/aromatic N) is 4. The van der Waals surface area contributed by atoms with Crippen molar-refractivity contribution in [1.29, 1.82) is 0 Å². The van der Waals surface area contributed by atoms with Gasteiger partial charge in [-0.15, -0.1) is 0 Å². The predicted molar refractivity (Wildman–Crippen MR) is 66.8 cm³/mol. The van der Waals surface area contributed by atoms with Crippen molar-refractivity contribution in [2.75, 3.05) is 18.0 Å². The Morgan fingerprint density at radius 3 is 2.71 bits per heavy atom. The Hall–Kier alpha value is -1.65. The molecular formula is C12H17N5. The van der Waals surface area contributed by atoms with Crippen molar-refractivity contribution in [2.45, 2.75) is 20.3 Å². The van der Waals surface area contributed by atoms with Crippen LogP contribution in [0.1, 0.15) is 20.3 Å². The van der Waals surface area contributed by atoms with Crippen LogP contribution < -0.4 is 4.90 Å². The molecule has 3 rings (SSSR count). The van der Waals surface area contributed by atoms with Crippen LogP contribution in [0.3, 0.4) is 0 Å². The van der Waals surface area contributed by atoms with Crippen LogP contribution in [0.2, 0.25) is 0 Å². The zero-order valence-corrected chi connectivity index (χ0v) is 10.2. The van der Waals surface area contributed by atoms with Gasteiger partial charge in [-0.05, 0) is 18.3 Å². The summed E-state index contributed by atoms with van der Waals surface area (Å²) in [6.07, 6.45) is 4.58. The molecular weight excluding hydrogens is 214 g/mol. The number of hydrogen-bond donors (Lipinski definition) is 1. The number of fused-ring (bicyclic) bond motifs is 1. The molecule has 1 aliphatic rings. The Morgan fingerprint density at radius 1 is 1.18 bits per heavy atom. The summed E-state index contributed by atoms with van der Waals surface area (Å²) in [6.45, 7) is 6.73. The van der Waals surface area contributed by atoms with Crippen LogP contribution in [0, 0.1) is 11.8 Å². The van der Waals surface area contributed by atoms with E-state index in [0.29, 0.717) is 11.8 Å². The van der Waals surface area contributed by atoms with Crippen LogP contribution in [0.5, 0.6) is 0 Å². The van der Waals surface area contributed by atoms with Crippen molar-refractivity contribution < 1.29 is 0 Å². The van der Waals surface area contributed by atoms with Crippen molar-refractivity contribution in [3.05, 3.63) is 12.7 Å². The highest BCUT2D eigenvalue weighted by molar-refractivity contribution is 5.82. The second-order valence-electron chi connectivity index (χ2n) is 5.15. The highest BCUT2D eigenvalue weighted by Crippen LogP contribution is 2.27. The van der Waals surface area contributed by atoms with Gasteiger partial charge < -0.3 is 9.88 Å². The van der Waals surface area contributed by atoms with Crippen molar-refractivity contribution in [3.8, 4) is 0 Å². The molecule has 1 fully saturated rings. The van der Waals surface area contributed by atoms with Gasteiger partial charge in [0.2, 0.25) is 0 Å². The molecule has 0 bridgehead atoms. The van der Waals surface area contributed by atoms with Gasteiger partial charge in [-0.1, -0.05) is 13.8 Å². The van der Waals surface area contributed by atoms with E-state index < -0.39 is 0 Å². The molecule has 5 nitrogen and oxygen atoms in total. The summed E-state index contributed by atoms with van der Waals surface area (Å²) in [7, 11) is 0. The highest BCUT2D eigenvalue weighted by atomic mass is 15.2. The van der Waals surface area contributed by atoms with E-state index in [4.69, 9.17) is 0 Å². The standard InChI is InChI=1S/C12H17N5/c1-8-3-9(2)5-17(4-8)12-10-11(14-6-13-10)15-7-16-12/h6-9H,3-5H2,1-2H3,(H,13,14,15,16). The van der Waals surface area contributed by atoms with E-state index in [1.54, 1.807) is 12.7 Å². The van der Waals surface area contributed by atoms with Gasteiger partial charge in [0.1, 0.15) is 11.8 Å². The Morgan fingerprint density at radius 2 is 1.94 bits per heavy atom. The third-order valence-corrected chi connectivity index (χ3v) is 3.37. The maximum Gasteiger partial charge on any atom is 0.182 e. The molecule has 1 N–H and O–H groups in total. The SMILES string of the molecule is CC1CC(C)CN(c2ncnc3nc[nH]c23)C1. The van der Waals surface area contributed by atoms with Crippen LogP contribution in [0.4, 0.5) is 5.82 Å². The quantitative estimate of drug-likeness (QED) is 0.813. The largest absolute Gasteiger partial charge is 0.354 e. The van der Waals surface area contributed by atoms with Crippen molar-refractivity contribution in [1.82, 2.24) is 19.9 Å². The second kappa shape index (κ2) is 3.98. The van der Waals surface area contributed by atoms with Gasteiger partial charge in [0.25, 0.3) is 0 Å². The smallest absolute Gasteiger partial charge is 0.182 e. The summed E-state index contributed by atoms with van der Waals surface area (Å²) in [5, 5.41) is 0. The molecule has 90 valence electrons. The zero-order valence-electron chi connectivity index (χ0n) is 10.2. The minimum absolute atomic E-state index is 0.715. The van der Waals surface area contributed by atoms with E-state index in [1.165, 1.54) is 6.42 Å². The van der Waals surface area contributed by atoms with E-state index in [9.17, 15) is 0 Å². The van der Waals surface area contributed by atoms with Crippen LogP contribution in [-0.4, -0.2) is 33.0 Å². The molecule has 0 amide bonds. The topological polar surface area (TPSA) is 57.7 Å². The number of aromatic amines is 1. The Labute approximate surface area is 100 Å². The van der Waals surface area contributed by atoms with Crippen molar-refractivity contribution >= 4 is 17.0 Å². The van der Waals surface area contributed by atoms with Crippen LogP contribution in [0.25, 0.3) is 11.2 Å². The zero-order chi connectivity index (χ0) is 11.8. The van der Waals surface area contributed by atoms with Gasteiger partial charge in [-0.2, -0.15) is 0 Å². The molecule has 2 unspecified atom stereocenters. The first kappa shape index (κ1) is 10.5. The predicted octanol–water partition coefficient (Wildman–Crippen LogP) is 1.84. The number of hydrogen-bond acceptors (Lipinski definition) is 4. The summed E-state index contributed by atoms with van der Waals surface area (Å²) in [5.41, 5.74) is 1.70. The first-order valence-corrected chi connectivity index (χ1v) is 6.13. The van der Waals surface area contributed by atoms with Crippen LogP contribution in [-0.2, 0) is 0 Å². The maximum absolute atomic E-state index is 4.42. The summed E-state index contributed by atoms with van der Waals surface area (Å²) in [5.74, 6) is 2.42. The van der Waals surface area contributed by atoms with Gasteiger partial charge in [0.05, 0.1) is 6.33 Å². The lowest BCUT2D eigenvalue weighted by molar-refractivity contribution is 0.355. The lowest BCUT2D eigenvalue weighted by Gasteiger charge is -2.35. The number of aromatic nitrogens is 4. The molecule has 2 aromatic heterocycles. The van der Waals surface area contributed by atoms with E-state index in [2.05, 4.69) is 38.7 Å². The first-order valence-electron chi connectivity index (χ1n) is 6.13. The van der Waals surface area contributed by atoms with Crippen molar-refractivity contribution in [3.63, 3.8) is 0 Å². The molecule has 5 heteroatoms. The fourth-order valence-corrected chi connectivity index (χ4v) is 2.83. The number of imidazole rings is 1. The lowest BCUT2D eigenvalue weighted by atomic mass is 9.92. The third-order valence-electron chi connectivity index (χ3n) is 3.37. The number of rotatable bonds is 1. The highest BCUT2D eigenvalue weighted by Gasteiger charge is 2.24. The van der Waals surface area contributed by atoms with E-state index in [0.717, 1.165) is 30.1 Å². The Bertz CT molecular complexity index is 510. The Kier molecular flexibility index (Phi) is 2.46. The van der Waals surface area contributed by atoms with Gasteiger partial charge in [-0.25, -0.2) is 15.0 Å². The fourth-order valence-electron chi connectivity index (χ4n) is 2.83. The molecule has 0 saturated carbocycles.